The Morgan fingerprint density at radius 1 is 1.26 bits per heavy atom. The molecule has 9 heteroatoms. The highest BCUT2D eigenvalue weighted by Crippen LogP contribution is 2.30. The fraction of sp³-hybridized carbons (Fsp3) is 0.556. The van der Waals surface area contributed by atoms with Crippen molar-refractivity contribution in [3.8, 4) is 0 Å². The Labute approximate surface area is 162 Å². The molecule has 0 aromatic heterocycles. The van der Waals surface area contributed by atoms with E-state index in [1.165, 1.54) is 11.0 Å². The van der Waals surface area contributed by atoms with E-state index >= 15 is 0 Å². The quantitative estimate of drug-likeness (QED) is 0.835. The van der Waals surface area contributed by atoms with E-state index in [0.29, 0.717) is 31.1 Å². The lowest BCUT2D eigenvalue weighted by molar-refractivity contribution is -0.137. The van der Waals surface area contributed by atoms with Gasteiger partial charge in [-0.15, -0.1) is 12.4 Å². The Hall–Kier alpha value is -1.80. The molecule has 1 aromatic rings. The summed E-state index contributed by atoms with van der Waals surface area (Å²) in [5.74, 6) is -0.377. The van der Waals surface area contributed by atoms with Crippen LogP contribution in [0.15, 0.2) is 24.3 Å². The number of nitrogens with zero attached hydrogens (tertiary/aromatic N) is 2. The molecule has 2 N–H and O–H groups in total. The predicted molar refractivity (Wildman–Crippen MR) is 96.0 cm³/mol. The number of hydrogen-bond donors (Lipinski definition) is 1. The maximum atomic E-state index is 12.8. The van der Waals surface area contributed by atoms with Crippen LogP contribution in [0.3, 0.4) is 0 Å². The second kappa shape index (κ2) is 8.48. The van der Waals surface area contributed by atoms with Crippen molar-refractivity contribution in [1.82, 2.24) is 9.80 Å². The molecule has 0 bridgehead atoms. The summed E-state index contributed by atoms with van der Waals surface area (Å²) >= 11 is 0. The van der Waals surface area contributed by atoms with Crippen molar-refractivity contribution in [2.75, 3.05) is 26.2 Å². The molecule has 2 unspecified atom stereocenters. The Morgan fingerprint density at radius 2 is 2.00 bits per heavy atom. The van der Waals surface area contributed by atoms with Gasteiger partial charge in [-0.2, -0.15) is 13.2 Å². The molecule has 2 heterocycles. The molecule has 1 aromatic carbocycles. The van der Waals surface area contributed by atoms with Crippen molar-refractivity contribution < 1.29 is 22.8 Å². The zero-order valence-corrected chi connectivity index (χ0v) is 15.6. The van der Waals surface area contributed by atoms with Gasteiger partial charge in [-0.1, -0.05) is 12.1 Å². The average molecular weight is 406 g/mol. The molecular formula is C18H23ClF3N3O2. The number of nitrogens with two attached hydrogens (primary N) is 1. The van der Waals surface area contributed by atoms with Crippen LogP contribution in [-0.2, 0) is 22.3 Å². The highest BCUT2D eigenvalue weighted by Gasteiger charge is 2.38. The number of carbonyl (C=O) groups is 2. The van der Waals surface area contributed by atoms with E-state index in [4.69, 9.17) is 5.73 Å². The second-order valence-electron chi connectivity index (χ2n) is 7.05. The van der Waals surface area contributed by atoms with Crippen molar-refractivity contribution in [2.24, 2.45) is 17.6 Å². The minimum absolute atomic E-state index is 0. The smallest absolute Gasteiger partial charge is 0.342 e. The fourth-order valence-electron chi connectivity index (χ4n) is 3.64. The standard InChI is InChI=1S/C18H22F3N3O2.ClH/c19-18(20,21)15-3-1-2-12(6-15)9-24-11-14(7-16(24)25)17(26)23-5-4-13(8-22)10-23;/h1-3,6,13-14H,4-5,7-11,22H2;1H. The summed E-state index contributed by atoms with van der Waals surface area (Å²) < 4.78 is 38.5. The van der Waals surface area contributed by atoms with Crippen molar-refractivity contribution in [1.29, 1.82) is 0 Å². The molecule has 0 radical (unpaired) electrons. The van der Waals surface area contributed by atoms with Crippen LogP contribution in [0.2, 0.25) is 0 Å². The van der Waals surface area contributed by atoms with Crippen LogP contribution >= 0.6 is 12.4 Å². The molecule has 150 valence electrons. The molecule has 0 aliphatic carbocycles. The minimum atomic E-state index is -4.42. The lowest BCUT2D eigenvalue weighted by atomic mass is 10.1. The van der Waals surface area contributed by atoms with Crippen LogP contribution in [0.5, 0.6) is 0 Å². The van der Waals surface area contributed by atoms with Gasteiger partial charge in [0.1, 0.15) is 0 Å². The molecule has 3 rings (SSSR count). The van der Waals surface area contributed by atoms with Crippen LogP contribution in [0.4, 0.5) is 13.2 Å². The average Bonchev–Trinajstić information content (AvgIpc) is 3.21. The van der Waals surface area contributed by atoms with Gasteiger partial charge in [0.15, 0.2) is 0 Å². The third-order valence-corrected chi connectivity index (χ3v) is 5.12. The Morgan fingerprint density at radius 3 is 2.63 bits per heavy atom. The van der Waals surface area contributed by atoms with E-state index < -0.39 is 17.7 Å². The first-order valence-electron chi connectivity index (χ1n) is 8.70. The molecule has 2 aliphatic rings. The van der Waals surface area contributed by atoms with Crippen LogP contribution in [0.1, 0.15) is 24.0 Å². The van der Waals surface area contributed by atoms with E-state index in [2.05, 4.69) is 0 Å². The lowest BCUT2D eigenvalue weighted by Crippen LogP contribution is -2.36. The van der Waals surface area contributed by atoms with E-state index in [-0.39, 0.29) is 43.7 Å². The summed E-state index contributed by atoms with van der Waals surface area (Å²) in [5, 5.41) is 0. The third kappa shape index (κ3) is 4.93. The summed E-state index contributed by atoms with van der Waals surface area (Å²) in [6.07, 6.45) is -3.43. The van der Waals surface area contributed by atoms with E-state index in [9.17, 15) is 22.8 Å². The molecule has 27 heavy (non-hydrogen) atoms. The maximum absolute atomic E-state index is 12.8. The van der Waals surface area contributed by atoms with E-state index in [1.54, 1.807) is 11.0 Å². The topological polar surface area (TPSA) is 66.6 Å². The molecule has 2 aliphatic heterocycles. The van der Waals surface area contributed by atoms with Crippen molar-refractivity contribution >= 4 is 24.2 Å². The van der Waals surface area contributed by atoms with Gasteiger partial charge in [0.25, 0.3) is 0 Å². The van der Waals surface area contributed by atoms with Crippen molar-refractivity contribution in [2.45, 2.75) is 25.6 Å². The van der Waals surface area contributed by atoms with E-state index in [0.717, 1.165) is 18.6 Å². The van der Waals surface area contributed by atoms with Gasteiger partial charge in [0, 0.05) is 32.6 Å². The Bertz CT molecular complexity index is 699. The van der Waals surface area contributed by atoms with Gasteiger partial charge >= 0.3 is 6.18 Å². The molecule has 0 spiro atoms. The Kier molecular flexibility index (Phi) is 6.75. The monoisotopic (exact) mass is 405 g/mol. The summed E-state index contributed by atoms with van der Waals surface area (Å²) in [6.45, 7) is 2.14. The number of alkyl halides is 3. The molecular weight excluding hydrogens is 383 g/mol. The summed E-state index contributed by atoms with van der Waals surface area (Å²) in [7, 11) is 0. The fourth-order valence-corrected chi connectivity index (χ4v) is 3.64. The highest BCUT2D eigenvalue weighted by atomic mass is 35.5. The third-order valence-electron chi connectivity index (χ3n) is 5.12. The SMILES string of the molecule is Cl.NCC1CCN(C(=O)C2CC(=O)N(Cc3cccc(C(F)(F)F)c3)C2)C1. The molecule has 2 amide bonds. The highest BCUT2D eigenvalue weighted by molar-refractivity contribution is 5.89. The lowest BCUT2D eigenvalue weighted by Gasteiger charge is -2.21. The maximum Gasteiger partial charge on any atom is 0.416 e. The number of hydrogen-bond acceptors (Lipinski definition) is 3. The Balaban J connectivity index is 0.00000261. The van der Waals surface area contributed by atoms with Gasteiger partial charge in [0.2, 0.25) is 11.8 Å². The van der Waals surface area contributed by atoms with Gasteiger partial charge in [-0.25, -0.2) is 0 Å². The number of amides is 2. The molecule has 0 saturated carbocycles. The van der Waals surface area contributed by atoms with Crippen molar-refractivity contribution in [3.63, 3.8) is 0 Å². The first-order chi connectivity index (χ1) is 12.3. The predicted octanol–water partition coefficient (Wildman–Crippen LogP) is 2.28. The first-order valence-corrected chi connectivity index (χ1v) is 8.70. The molecule has 2 saturated heterocycles. The summed E-state index contributed by atoms with van der Waals surface area (Å²) in [5.41, 5.74) is 5.31. The van der Waals surface area contributed by atoms with Crippen LogP contribution in [0, 0.1) is 11.8 Å². The zero-order chi connectivity index (χ0) is 18.9. The molecule has 2 fully saturated rings. The van der Waals surface area contributed by atoms with E-state index in [1.807, 2.05) is 0 Å². The zero-order valence-electron chi connectivity index (χ0n) is 14.7. The second-order valence-corrected chi connectivity index (χ2v) is 7.05. The number of benzene rings is 1. The van der Waals surface area contributed by atoms with Gasteiger partial charge in [-0.05, 0) is 36.6 Å². The van der Waals surface area contributed by atoms with Crippen LogP contribution in [0.25, 0.3) is 0 Å². The largest absolute Gasteiger partial charge is 0.416 e. The number of carbonyl (C=O) groups excluding carboxylic acids is 2. The molecule has 2 atom stereocenters. The first kappa shape index (κ1) is 21.5. The minimum Gasteiger partial charge on any atom is -0.342 e. The normalized spacial score (nSPS) is 22.9. The van der Waals surface area contributed by atoms with Gasteiger partial charge in [0.05, 0.1) is 11.5 Å². The van der Waals surface area contributed by atoms with Gasteiger partial charge < -0.3 is 15.5 Å². The summed E-state index contributed by atoms with van der Waals surface area (Å²) in [4.78, 5) is 28.0. The van der Waals surface area contributed by atoms with Crippen molar-refractivity contribution in [3.05, 3.63) is 35.4 Å². The molecule has 5 nitrogen and oxygen atoms in total. The number of halogens is 4. The van der Waals surface area contributed by atoms with Gasteiger partial charge in [-0.3, -0.25) is 9.59 Å². The van der Waals surface area contributed by atoms with Crippen LogP contribution < -0.4 is 5.73 Å². The summed E-state index contributed by atoms with van der Waals surface area (Å²) in [6, 6.07) is 4.94. The number of rotatable bonds is 4. The number of likely N-dealkylation sites (tertiary alicyclic amines) is 2. The van der Waals surface area contributed by atoms with Crippen LogP contribution in [-0.4, -0.2) is 47.8 Å².